The zero-order valence-corrected chi connectivity index (χ0v) is 16.2. The van der Waals surface area contributed by atoms with E-state index in [9.17, 15) is 13.2 Å². The zero-order chi connectivity index (χ0) is 18.1. The average molecular weight is 373 g/mol. The second-order valence-corrected chi connectivity index (χ2v) is 8.85. The highest BCUT2D eigenvalue weighted by Crippen LogP contribution is 2.30. The Morgan fingerprint density at radius 3 is 2.42 bits per heavy atom. The van der Waals surface area contributed by atoms with Crippen LogP contribution >= 0.6 is 11.6 Å². The van der Waals surface area contributed by atoms with Gasteiger partial charge < -0.3 is 4.90 Å². The summed E-state index contributed by atoms with van der Waals surface area (Å²) in [6.45, 7) is 3.44. The first-order valence-corrected chi connectivity index (χ1v) is 10.4. The van der Waals surface area contributed by atoms with Crippen LogP contribution in [0.2, 0.25) is 5.02 Å². The van der Waals surface area contributed by atoms with E-state index in [1.807, 2.05) is 6.92 Å². The summed E-state index contributed by atoms with van der Waals surface area (Å²) in [5, 5.41) is 0.438. The number of nitrogens with zero attached hydrogens (tertiary/aromatic N) is 2. The van der Waals surface area contributed by atoms with Crippen LogP contribution in [0.3, 0.4) is 0 Å². The maximum atomic E-state index is 12.9. The van der Waals surface area contributed by atoms with Crippen molar-refractivity contribution < 1.29 is 13.2 Å². The quantitative estimate of drug-likeness (QED) is 0.797. The van der Waals surface area contributed by atoms with Crippen molar-refractivity contribution >= 4 is 33.2 Å². The first-order valence-electron chi connectivity index (χ1n) is 8.15. The summed E-state index contributed by atoms with van der Waals surface area (Å²) in [6.07, 6.45) is 5.29. The van der Waals surface area contributed by atoms with Crippen molar-refractivity contribution in [2.75, 3.05) is 17.6 Å². The monoisotopic (exact) mass is 372 g/mol. The number of carbonyl (C=O) groups is 1. The Morgan fingerprint density at radius 2 is 1.88 bits per heavy atom. The van der Waals surface area contributed by atoms with E-state index in [-0.39, 0.29) is 11.9 Å². The first-order chi connectivity index (χ1) is 11.1. The average Bonchev–Trinajstić information content (AvgIpc) is 3.02. The summed E-state index contributed by atoms with van der Waals surface area (Å²) in [6, 6.07) is 4.44. The number of aryl methyl sites for hydroxylation is 1. The third-order valence-electron chi connectivity index (χ3n) is 4.70. The van der Waals surface area contributed by atoms with Gasteiger partial charge in [-0.05, 0) is 44.4 Å². The number of sulfonamides is 1. The number of carbonyl (C=O) groups excluding carboxylic acids is 1. The van der Waals surface area contributed by atoms with E-state index in [4.69, 9.17) is 11.6 Å². The number of benzene rings is 1. The minimum absolute atomic E-state index is 0.188. The van der Waals surface area contributed by atoms with Gasteiger partial charge in [0.05, 0.1) is 11.9 Å². The molecule has 134 valence electrons. The van der Waals surface area contributed by atoms with Gasteiger partial charge in [0.1, 0.15) is 6.04 Å². The maximum absolute atomic E-state index is 12.9. The van der Waals surface area contributed by atoms with Gasteiger partial charge in [-0.15, -0.1) is 0 Å². The smallest absolute Gasteiger partial charge is 0.246 e. The highest BCUT2D eigenvalue weighted by molar-refractivity contribution is 7.92. The highest BCUT2D eigenvalue weighted by atomic mass is 35.5. The summed E-state index contributed by atoms with van der Waals surface area (Å²) in [7, 11) is -1.87. The normalized spacial score (nSPS) is 16.9. The molecule has 5 nitrogen and oxygen atoms in total. The number of likely N-dealkylation sites (N-methyl/N-ethyl adjacent to an activating group) is 1. The SMILES string of the molecule is Cc1ccc(Cl)cc1N(C(C)C(=O)N(C)C1CCCC1)S(C)(=O)=O. The molecular weight excluding hydrogens is 348 g/mol. The van der Waals surface area contributed by atoms with E-state index in [0.29, 0.717) is 10.7 Å². The first kappa shape index (κ1) is 19.1. The van der Waals surface area contributed by atoms with E-state index >= 15 is 0 Å². The summed E-state index contributed by atoms with van der Waals surface area (Å²) < 4.78 is 26.0. The van der Waals surface area contributed by atoms with Gasteiger partial charge in [-0.3, -0.25) is 9.10 Å². The largest absolute Gasteiger partial charge is 0.341 e. The molecule has 1 aromatic carbocycles. The lowest BCUT2D eigenvalue weighted by Crippen LogP contribution is -2.50. The van der Waals surface area contributed by atoms with Crippen LogP contribution in [0.1, 0.15) is 38.2 Å². The molecule has 0 heterocycles. The molecule has 1 aliphatic rings. The number of amides is 1. The van der Waals surface area contributed by atoms with Crippen molar-refractivity contribution in [1.82, 2.24) is 4.90 Å². The van der Waals surface area contributed by atoms with Crippen molar-refractivity contribution in [2.45, 2.75) is 51.6 Å². The van der Waals surface area contributed by atoms with Gasteiger partial charge in [0.15, 0.2) is 0 Å². The van der Waals surface area contributed by atoms with Crippen LogP contribution in [0.4, 0.5) is 5.69 Å². The number of hydrogen-bond acceptors (Lipinski definition) is 3. The van der Waals surface area contributed by atoms with Crippen LogP contribution in [0, 0.1) is 6.92 Å². The molecule has 0 N–H and O–H groups in total. The van der Waals surface area contributed by atoms with Gasteiger partial charge in [0.2, 0.25) is 15.9 Å². The molecule has 24 heavy (non-hydrogen) atoms. The van der Waals surface area contributed by atoms with Crippen molar-refractivity contribution in [2.24, 2.45) is 0 Å². The predicted octanol–water partition coefficient (Wildman–Crippen LogP) is 3.20. The van der Waals surface area contributed by atoms with Crippen molar-refractivity contribution in [3.8, 4) is 0 Å². The van der Waals surface area contributed by atoms with Gasteiger partial charge in [0.25, 0.3) is 0 Å². The molecule has 2 rings (SSSR count). The molecule has 0 aliphatic heterocycles. The number of rotatable bonds is 5. The lowest BCUT2D eigenvalue weighted by molar-refractivity contribution is -0.132. The number of anilines is 1. The van der Waals surface area contributed by atoms with Gasteiger partial charge >= 0.3 is 0 Å². The van der Waals surface area contributed by atoms with E-state index in [0.717, 1.165) is 37.5 Å². The molecule has 0 radical (unpaired) electrons. The topological polar surface area (TPSA) is 57.7 Å². The molecular formula is C17H25ClN2O3S. The highest BCUT2D eigenvalue weighted by Gasteiger charge is 2.34. The Kier molecular flexibility index (Phi) is 5.81. The molecule has 0 spiro atoms. The molecule has 1 fully saturated rings. The van der Waals surface area contributed by atoms with Gasteiger partial charge in [-0.1, -0.05) is 30.5 Å². The Hall–Kier alpha value is -1.27. The molecule has 1 aromatic rings. The second-order valence-electron chi connectivity index (χ2n) is 6.55. The molecule has 1 saturated carbocycles. The third kappa shape index (κ3) is 4.03. The van der Waals surface area contributed by atoms with Crippen LogP contribution < -0.4 is 4.31 Å². The van der Waals surface area contributed by atoms with Gasteiger partial charge in [0, 0.05) is 18.1 Å². The molecule has 7 heteroatoms. The maximum Gasteiger partial charge on any atom is 0.246 e. The molecule has 0 aromatic heterocycles. The summed E-state index contributed by atoms with van der Waals surface area (Å²) >= 11 is 6.04. The fourth-order valence-corrected chi connectivity index (χ4v) is 4.75. The minimum atomic E-state index is -3.63. The zero-order valence-electron chi connectivity index (χ0n) is 14.6. The number of hydrogen-bond donors (Lipinski definition) is 0. The molecule has 0 saturated heterocycles. The Bertz CT molecular complexity index is 715. The Balaban J connectivity index is 2.37. The van der Waals surface area contributed by atoms with Crippen LogP contribution in [0.25, 0.3) is 0 Å². The molecule has 1 amide bonds. The van der Waals surface area contributed by atoms with Gasteiger partial charge in [-0.25, -0.2) is 8.42 Å². The summed E-state index contributed by atoms with van der Waals surface area (Å²) in [5.74, 6) is -0.188. The van der Waals surface area contributed by atoms with Crippen LogP contribution in [-0.4, -0.2) is 44.6 Å². The Morgan fingerprint density at radius 1 is 1.29 bits per heavy atom. The molecule has 1 aliphatic carbocycles. The van der Waals surface area contributed by atoms with E-state index in [1.165, 1.54) is 4.31 Å². The van der Waals surface area contributed by atoms with E-state index < -0.39 is 16.1 Å². The van der Waals surface area contributed by atoms with Crippen LogP contribution in [0.5, 0.6) is 0 Å². The summed E-state index contributed by atoms with van der Waals surface area (Å²) in [5.41, 5.74) is 1.21. The fourth-order valence-electron chi connectivity index (χ4n) is 3.36. The van der Waals surface area contributed by atoms with Crippen LogP contribution in [0.15, 0.2) is 18.2 Å². The standard InChI is InChI=1S/C17H25ClN2O3S/c1-12-9-10-14(18)11-16(12)20(24(4,22)23)13(2)17(21)19(3)15-7-5-6-8-15/h9-11,13,15H,5-8H2,1-4H3. The van der Waals surface area contributed by atoms with E-state index in [1.54, 1.807) is 37.1 Å². The van der Waals surface area contributed by atoms with Crippen molar-refractivity contribution in [1.29, 1.82) is 0 Å². The van der Waals surface area contributed by atoms with Crippen LogP contribution in [-0.2, 0) is 14.8 Å². The minimum Gasteiger partial charge on any atom is -0.341 e. The van der Waals surface area contributed by atoms with Crippen molar-refractivity contribution in [3.63, 3.8) is 0 Å². The van der Waals surface area contributed by atoms with Crippen molar-refractivity contribution in [3.05, 3.63) is 28.8 Å². The third-order valence-corrected chi connectivity index (χ3v) is 6.16. The lowest BCUT2D eigenvalue weighted by Gasteiger charge is -2.34. The number of halogens is 1. The Labute approximate surface area is 149 Å². The molecule has 1 atom stereocenters. The summed E-state index contributed by atoms with van der Waals surface area (Å²) in [4.78, 5) is 14.6. The lowest BCUT2D eigenvalue weighted by atomic mass is 10.1. The van der Waals surface area contributed by atoms with Gasteiger partial charge in [-0.2, -0.15) is 0 Å². The second kappa shape index (κ2) is 7.31. The van der Waals surface area contributed by atoms with E-state index in [2.05, 4.69) is 0 Å². The fraction of sp³-hybridized carbons (Fsp3) is 0.588. The molecule has 0 bridgehead atoms. The molecule has 1 unspecified atom stereocenters. The predicted molar refractivity (Wildman–Crippen MR) is 98.0 cm³/mol.